The maximum atomic E-state index is 12.7. The van der Waals surface area contributed by atoms with Crippen molar-refractivity contribution in [1.82, 2.24) is 4.57 Å². The molecule has 0 atom stereocenters. The molecule has 3 aromatic rings. The molecule has 1 N–H and O–H groups in total. The van der Waals surface area contributed by atoms with E-state index in [9.17, 15) is 14.9 Å². The van der Waals surface area contributed by atoms with Crippen molar-refractivity contribution in [2.24, 2.45) is 0 Å². The van der Waals surface area contributed by atoms with Gasteiger partial charge >= 0.3 is 0 Å². The molecular formula is C25H23N3O3. The van der Waals surface area contributed by atoms with Crippen LogP contribution in [0.1, 0.15) is 46.9 Å². The van der Waals surface area contributed by atoms with Gasteiger partial charge in [0.05, 0.1) is 5.56 Å². The number of nitrogens with zero attached hydrogens (tertiary/aromatic N) is 2. The lowest BCUT2D eigenvalue weighted by molar-refractivity contribution is -0.118. The number of para-hydroxylation sites is 1. The predicted octanol–water partition coefficient (Wildman–Crippen LogP) is 4.45. The molecule has 0 unspecified atom stereocenters. The molecule has 0 spiro atoms. The molecular weight excluding hydrogens is 390 g/mol. The highest BCUT2D eigenvalue weighted by atomic mass is 16.5. The largest absolute Gasteiger partial charge is 0.484 e. The van der Waals surface area contributed by atoms with Gasteiger partial charge in [-0.05, 0) is 74.6 Å². The smallest absolute Gasteiger partial charge is 0.263 e. The van der Waals surface area contributed by atoms with Crippen molar-refractivity contribution in [2.45, 2.75) is 32.6 Å². The predicted molar refractivity (Wildman–Crippen MR) is 118 cm³/mol. The van der Waals surface area contributed by atoms with Crippen LogP contribution in [0, 0.1) is 11.3 Å². The number of aromatic nitrogens is 1. The van der Waals surface area contributed by atoms with E-state index >= 15 is 0 Å². The first-order valence-corrected chi connectivity index (χ1v) is 10.3. The molecule has 2 aromatic carbocycles. The van der Waals surface area contributed by atoms with Crippen LogP contribution < -0.4 is 10.1 Å². The number of hydrogen-bond donors (Lipinski definition) is 1. The van der Waals surface area contributed by atoms with E-state index in [-0.39, 0.29) is 18.3 Å². The lowest BCUT2D eigenvalue weighted by Crippen LogP contribution is -2.22. The fourth-order valence-corrected chi connectivity index (χ4v) is 4.00. The molecule has 1 aliphatic carbocycles. The first-order chi connectivity index (χ1) is 15.1. The molecule has 0 fully saturated rings. The van der Waals surface area contributed by atoms with E-state index in [0.29, 0.717) is 22.7 Å². The monoisotopic (exact) mass is 413 g/mol. The van der Waals surface area contributed by atoms with Crippen molar-refractivity contribution in [2.75, 3.05) is 11.9 Å². The Balaban J connectivity index is 1.59. The number of Topliss-reactive ketones (excluding diaryl/α,β-unsaturated/α-hetero) is 1. The summed E-state index contributed by atoms with van der Waals surface area (Å²) in [5.41, 5.74) is 4.14. The molecule has 31 heavy (non-hydrogen) atoms. The van der Waals surface area contributed by atoms with Crippen LogP contribution in [0.25, 0.3) is 5.69 Å². The third kappa shape index (κ3) is 4.22. The van der Waals surface area contributed by atoms with Crippen LogP contribution in [-0.2, 0) is 17.6 Å². The van der Waals surface area contributed by atoms with E-state index in [0.717, 1.165) is 42.6 Å². The van der Waals surface area contributed by atoms with E-state index in [2.05, 4.69) is 11.4 Å². The number of fused-ring (bicyclic) bond motifs is 1. The van der Waals surface area contributed by atoms with E-state index in [1.807, 2.05) is 34.9 Å². The fourth-order valence-electron chi connectivity index (χ4n) is 4.00. The summed E-state index contributed by atoms with van der Waals surface area (Å²) in [6.45, 7) is 1.30. The van der Waals surface area contributed by atoms with Crippen LogP contribution in [0.15, 0.2) is 54.6 Å². The van der Waals surface area contributed by atoms with E-state index in [4.69, 9.17) is 4.74 Å². The number of anilines is 1. The standard InChI is InChI=1S/C25H23N3O3/c1-17(29)18-11-13-20(14-12-18)31-16-24(30)27-25-22(15-26)21-9-5-6-10-23(21)28(25)19-7-3-2-4-8-19/h2-4,7-8,11-14H,5-6,9-10,16H2,1H3,(H,27,30). The van der Waals surface area contributed by atoms with Gasteiger partial charge in [0.2, 0.25) is 0 Å². The molecule has 156 valence electrons. The number of carbonyl (C=O) groups is 2. The summed E-state index contributed by atoms with van der Waals surface area (Å²) < 4.78 is 7.57. The van der Waals surface area contributed by atoms with Crippen molar-refractivity contribution in [3.8, 4) is 17.5 Å². The summed E-state index contributed by atoms with van der Waals surface area (Å²) in [5, 5.41) is 12.8. The van der Waals surface area contributed by atoms with Crippen molar-refractivity contribution < 1.29 is 14.3 Å². The van der Waals surface area contributed by atoms with Gasteiger partial charge in [-0.1, -0.05) is 18.2 Å². The Kier molecular flexibility index (Phi) is 5.85. The van der Waals surface area contributed by atoms with Gasteiger partial charge in [0.15, 0.2) is 12.4 Å². The highest BCUT2D eigenvalue weighted by molar-refractivity contribution is 5.94. The Morgan fingerprint density at radius 1 is 1.06 bits per heavy atom. The number of nitrogens with one attached hydrogen (secondary N) is 1. The Labute approximate surface area is 181 Å². The second-order valence-electron chi connectivity index (χ2n) is 7.56. The Morgan fingerprint density at radius 3 is 2.45 bits per heavy atom. The topological polar surface area (TPSA) is 84.1 Å². The molecule has 4 rings (SSSR count). The normalized spacial score (nSPS) is 12.5. The quantitative estimate of drug-likeness (QED) is 0.605. The Bertz CT molecular complexity index is 1160. The van der Waals surface area contributed by atoms with Crippen LogP contribution in [0.2, 0.25) is 0 Å². The zero-order valence-corrected chi connectivity index (χ0v) is 17.4. The van der Waals surface area contributed by atoms with Crippen LogP contribution in [0.5, 0.6) is 5.75 Å². The molecule has 1 amide bonds. The van der Waals surface area contributed by atoms with E-state index < -0.39 is 0 Å². The van der Waals surface area contributed by atoms with Gasteiger partial charge in [0.25, 0.3) is 5.91 Å². The van der Waals surface area contributed by atoms with Crippen molar-refractivity contribution >= 4 is 17.5 Å². The summed E-state index contributed by atoms with van der Waals surface area (Å²) in [4.78, 5) is 24.1. The summed E-state index contributed by atoms with van der Waals surface area (Å²) >= 11 is 0. The van der Waals surface area contributed by atoms with Gasteiger partial charge in [-0.25, -0.2) is 0 Å². The van der Waals surface area contributed by atoms with Crippen LogP contribution in [0.4, 0.5) is 5.82 Å². The van der Waals surface area contributed by atoms with Gasteiger partial charge in [-0.3, -0.25) is 14.2 Å². The lowest BCUT2D eigenvalue weighted by Gasteiger charge is -2.17. The number of rotatable bonds is 6. The molecule has 0 aliphatic heterocycles. The maximum Gasteiger partial charge on any atom is 0.263 e. The molecule has 0 saturated carbocycles. The number of amides is 1. The minimum atomic E-state index is -0.348. The number of hydrogen-bond acceptors (Lipinski definition) is 4. The summed E-state index contributed by atoms with van der Waals surface area (Å²) in [6, 6.07) is 18.7. The average molecular weight is 413 g/mol. The van der Waals surface area contributed by atoms with Crippen LogP contribution >= 0.6 is 0 Å². The fraction of sp³-hybridized carbons (Fsp3) is 0.240. The Hall–Kier alpha value is -3.85. The lowest BCUT2D eigenvalue weighted by atomic mass is 9.95. The third-order valence-electron chi connectivity index (χ3n) is 5.49. The minimum Gasteiger partial charge on any atom is -0.484 e. The summed E-state index contributed by atoms with van der Waals surface area (Å²) in [7, 11) is 0. The number of ketones is 1. The molecule has 1 heterocycles. The molecule has 0 saturated heterocycles. The summed E-state index contributed by atoms with van der Waals surface area (Å²) in [5.74, 6) is 0.623. The second kappa shape index (κ2) is 8.88. The van der Waals surface area contributed by atoms with Gasteiger partial charge in [-0.15, -0.1) is 0 Å². The van der Waals surface area contributed by atoms with Gasteiger partial charge in [0, 0.05) is 16.9 Å². The van der Waals surface area contributed by atoms with E-state index in [1.165, 1.54) is 6.92 Å². The highest BCUT2D eigenvalue weighted by Gasteiger charge is 2.26. The van der Waals surface area contributed by atoms with Crippen molar-refractivity contribution in [3.05, 3.63) is 77.0 Å². The van der Waals surface area contributed by atoms with Crippen molar-refractivity contribution in [3.63, 3.8) is 0 Å². The maximum absolute atomic E-state index is 12.7. The first kappa shape index (κ1) is 20.4. The number of benzene rings is 2. The van der Waals surface area contributed by atoms with Gasteiger partial charge in [-0.2, -0.15) is 5.26 Å². The van der Waals surface area contributed by atoms with Crippen LogP contribution in [0.3, 0.4) is 0 Å². The van der Waals surface area contributed by atoms with E-state index in [1.54, 1.807) is 24.3 Å². The molecule has 1 aromatic heterocycles. The molecule has 1 aliphatic rings. The first-order valence-electron chi connectivity index (χ1n) is 10.3. The number of carbonyl (C=O) groups excluding carboxylic acids is 2. The number of nitriles is 1. The van der Waals surface area contributed by atoms with Crippen LogP contribution in [-0.4, -0.2) is 22.9 Å². The molecule has 6 nitrogen and oxygen atoms in total. The van der Waals surface area contributed by atoms with Gasteiger partial charge < -0.3 is 10.1 Å². The van der Waals surface area contributed by atoms with Gasteiger partial charge in [0.1, 0.15) is 17.6 Å². The third-order valence-corrected chi connectivity index (χ3v) is 5.49. The summed E-state index contributed by atoms with van der Waals surface area (Å²) in [6.07, 6.45) is 3.79. The molecule has 0 bridgehead atoms. The molecule has 0 radical (unpaired) electrons. The molecule has 6 heteroatoms. The number of ether oxygens (including phenoxy) is 1. The zero-order chi connectivity index (χ0) is 21.8. The second-order valence-corrected chi connectivity index (χ2v) is 7.56. The average Bonchev–Trinajstić information content (AvgIpc) is 3.11. The Morgan fingerprint density at radius 2 is 1.77 bits per heavy atom. The minimum absolute atomic E-state index is 0.0287. The van der Waals surface area contributed by atoms with Crippen molar-refractivity contribution in [1.29, 1.82) is 5.26 Å². The SMILES string of the molecule is CC(=O)c1ccc(OCC(=O)Nc2c(C#N)c3c(n2-c2ccccc2)CCCC3)cc1. The highest BCUT2D eigenvalue weighted by Crippen LogP contribution is 2.35. The zero-order valence-electron chi connectivity index (χ0n) is 17.4.